The maximum absolute atomic E-state index is 13.3. The van der Waals surface area contributed by atoms with E-state index >= 15 is 0 Å². The molecule has 0 unspecified atom stereocenters. The lowest BCUT2D eigenvalue weighted by atomic mass is 10.1. The summed E-state index contributed by atoms with van der Waals surface area (Å²) < 4.78 is 28.0. The summed E-state index contributed by atoms with van der Waals surface area (Å²) in [6, 6.07) is 21.2. The van der Waals surface area contributed by atoms with Crippen molar-refractivity contribution in [2.45, 2.75) is 31.2 Å². The van der Waals surface area contributed by atoms with Crippen LogP contribution in [0, 0.1) is 6.92 Å². The number of amides is 1. The fourth-order valence-corrected chi connectivity index (χ4v) is 4.83. The van der Waals surface area contributed by atoms with E-state index < -0.39 is 10.0 Å². The van der Waals surface area contributed by atoms with E-state index in [1.165, 1.54) is 12.1 Å². The molecule has 1 atom stereocenters. The van der Waals surface area contributed by atoms with Crippen LogP contribution < -0.4 is 9.62 Å². The highest BCUT2D eigenvalue weighted by atomic mass is 32.2. The number of benzene rings is 3. The number of nitrogens with one attached hydrogen (secondary N) is 1. The van der Waals surface area contributed by atoms with E-state index in [4.69, 9.17) is 0 Å². The fourth-order valence-electron chi connectivity index (χ4n) is 3.68. The maximum Gasteiger partial charge on any atom is 0.261 e. The number of rotatable bonds is 4. The smallest absolute Gasteiger partial charge is 0.261 e. The Bertz CT molecular complexity index is 1170. The van der Waals surface area contributed by atoms with Crippen molar-refractivity contribution in [3.05, 3.63) is 89.5 Å². The van der Waals surface area contributed by atoms with Crippen LogP contribution in [0.1, 0.15) is 28.4 Å². The molecule has 0 radical (unpaired) electrons. The first-order valence-electron chi connectivity index (χ1n) is 9.47. The van der Waals surface area contributed by atoms with Crippen molar-refractivity contribution in [1.82, 2.24) is 0 Å². The van der Waals surface area contributed by atoms with Gasteiger partial charge in [0.25, 0.3) is 15.9 Å². The highest BCUT2D eigenvalue weighted by Gasteiger charge is 2.31. The van der Waals surface area contributed by atoms with Crippen LogP contribution in [0.4, 0.5) is 11.4 Å². The maximum atomic E-state index is 13.3. The van der Waals surface area contributed by atoms with Gasteiger partial charge in [0.05, 0.1) is 10.6 Å². The molecule has 1 heterocycles. The van der Waals surface area contributed by atoms with E-state index in [-0.39, 0.29) is 16.8 Å². The van der Waals surface area contributed by atoms with Crippen molar-refractivity contribution in [2.24, 2.45) is 0 Å². The average Bonchev–Trinajstić information content (AvgIpc) is 3.05. The summed E-state index contributed by atoms with van der Waals surface area (Å²) in [7, 11) is -3.73. The van der Waals surface area contributed by atoms with Crippen molar-refractivity contribution in [1.29, 1.82) is 0 Å². The first-order valence-corrected chi connectivity index (χ1v) is 10.9. The molecule has 5 nitrogen and oxygen atoms in total. The summed E-state index contributed by atoms with van der Waals surface area (Å²) >= 11 is 0. The van der Waals surface area contributed by atoms with Crippen molar-refractivity contribution in [3.8, 4) is 0 Å². The lowest BCUT2D eigenvalue weighted by molar-refractivity contribution is 0.0981. The third-order valence-corrected chi connectivity index (χ3v) is 6.59. The number of para-hydroxylation sites is 1. The van der Waals surface area contributed by atoms with Crippen molar-refractivity contribution in [2.75, 3.05) is 9.62 Å². The van der Waals surface area contributed by atoms with Crippen LogP contribution in [-0.2, 0) is 16.4 Å². The lowest BCUT2D eigenvalue weighted by Crippen LogP contribution is -2.35. The molecule has 3 aromatic carbocycles. The standard InChI is InChI=1S/C23H22N2O3S/c1-16-12-13-19(15-21(16)24-29(27,28)20-9-4-3-5-10-20)23(26)25-17(2)14-18-8-6-7-11-22(18)25/h3-13,15,17,24H,14H2,1-2H3/t17-/m1/s1. The molecule has 29 heavy (non-hydrogen) atoms. The second-order valence-corrected chi connectivity index (χ2v) is 8.99. The Morgan fingerprint density at radius 2 is 1.69 bits per heavy atom. The van der Waals surface area contributed by atoms with E-state index in [1.807, 2.05) is 38.1 Å². The van der Waals surface area contributed by atoms with E-state index in [9.17, 15) is 13.2 Å². The highest BCUT2D eigenvalue weighted by molar-refractivity contribution is 7.92. The number of carbonyl (C=O) groups excluding carboxylic acids is 1. The van der Waals surface area contributed by atoms with Crippen LogP contribution in [0.2, 0.25) is 0 Å². The number of nitrogens with zero attached hydrogens (tertiary/aromatic N) is 1. The minimum atomic E-state index is -3.73. The lowest BCUT2D eigenvalue weighted by Gasteiger charge is -2.23. The van der Waals surface area contributed by atoms with Gasteiger partial charge in [-0.05, 0) is 61.7 Å². The van der Waals surface area contributed by atoms with Gasteiger partial charge in [0, 0.05) is 17.3 Å². The Hall–Kier alpha value is -3.12. The summed E-state index contributed by atoms with van der Waals surface area (Å²) in [5, 5.41) is 0. The second kappa shape index (κ2) is 7.37. The summed E-state index contributed by atoms with van der Waals surface area (Å²) in [6.07, 6.45) is 0.807. The monoisotopic (exact) mass is 406 g/mol. The number of fused-ring (bicyclic) bond motifs is 1. The Labute approximate surface area is 171 Å². The third kappa shape index (κ3) is 3.63. The molecular weight excluding hydrogens is 384 g/mol. The van der Waals surface area contributed by atoms with Crippen LogP contribution >= 0.6 is 0 Å². The van der Waals surface area contributed by atoms with Gasteiger partial charge < -0.3 is 4.90 Å². The van der Waals surface area contributed by atoms with Crippen LogP contribution in [0.5, 0.6) is 0 Å². The predicted octanol–water partition coefficient (Wildman–Crippen LogP) is 4.39. The Balaban J connectivity index is 1.66. The molecule has 1 aliphatic rings. The molecule has 3 aromatic rings. The number of sulfonamides is 1. The average molecular weight is 407 g/mol. The van der Waals surface area contributed by atoms with Gasteiger partial charge in [-0.25, -0.2) is 8.42 Å². The summed E-state index contributed by atoms with van der Waals surface area (Å²) in [4.78, 5) is 15.2. The van der Waals surface area contributed by atoms with E-state index in [1.54, 1.807) is 41.3 Å². The van der Waals surface area contributed by atoms with Gasteiger partial charge in [0.1, 0.15) is 0 Å². The van der Waals surface area contributed by atoms with Gasteiger partial charge in [-0.15, -0.1) is 0 Å². The first kappa shape index (κ1) is 19.2. The van der Waals surface area contributed by atoms with Crippen molar-refractivity contribution < 1.29 is 13.2 Å². The number of anilines is 2. The topological polar surface area (TPSA) is 66.5 Å². The minimum absolute atomic E-state index is 0.0469. The molecule has 0 bridgehead atoms. The summed E-state index contributed by atoms with van der Waals surface area (Å²) in [6.45, 7) is 3.83. The first-order chi connectivity index (χ1) is 13.9. The van der Waals surface area contributed by atoms with Crippen LogP contribution in [0.15, 0.2) is 77.7 Å². The number of hydrogen-bond acceptors (Lipinski definition) is 3. The third-order valence-electron chi connectivity index (χ3n) is 5.21. The predicted molar refractivity (Wildman–Crippen MR) is 115 cm³/mol. The molecule has 1 N–H and O–H groups in total. The quantitative estimate of drug-likeness (QED) is 0.699. The molecule has 0 aliphatic carbocycles. The van der Waals surface area contributed by atoms with E-state index in [0.29, 0.717) is 11.3 Å². The molecule has 0 saturated heterocycles. The summed E-state index contributed by atoms with van der Waals surface area (Å²) in [5.74, 6) is -0.136. The normalized spacial score (nSPS) is 15.8. The summed E-state index contributed by atoms with van der Waals surface area (Å²) in [5.41, 5.74) is 3.66. The fraction of sp³-hybridized carbons (Fsp3) is 0.174. The molecular formula is C23H22N2O3S. The molecule has 4 rings (SSSR count). The molecule has 0 saturated carbocycles. The molecule has 0 aromatic heterocycles. The molecule has 1 aliphatic heterocycles. The van der Waals surface area contributed by atoms with Gasteiger partial charge in [-0.2, -0.15) is 0 Å². The van der Waals surface area contributed by atoms with Crippen molar-refractivity contribution in [3.63, 3.8) is 0 Å². The highest BCUT2D eigenvalue weighted by Crippen LogP contribution is 2.33. The van der Waals surface area contributed by atoms with Gasteiger partial charge in [-0.3, -0.25) is 9.52 Å². The zero-order valence-electron chi connectivity index (χ0n) is 16.3. The SMILES string of the molecule is Cc1ccc(C(=O)N2c3ccccc3C[C@H]2C)cc1NS(=O)(=O)c1ccccc1. The molecule has 0 fully saturated rings. The Morgan fingerprint density at radius 1 is 1.00 bits per heavy atom. The van der Waals surface area contributed by atoms with E-state index in [0.717, 1.165) is 23.2 Å². The van der Waals surface area contributed by atoms with Gasteiger partial charge >= 0.3 is 0 Å². The van der Waals surface area contributed by atoms with E-state index in [2.05, 4.69) is 4.72 Å². The number of aryl methyl sites for hydroxylation is 1. The van der Waals surface area contributed by atoms with Crippen LogP contribution in [0.3, 0.4) is 0 Å². The molecule has 6 heteroatoms. The van der Waals surface area contributed by atoms with Gasteiger partial charge in [-0.1, -0.05) is 42.5 Å². The van der Waals surface area contributed by atoms with Crippen LogP contribution in [-0.4, -0.2) is 20.4 Å². The van der Waals surface area contributed by atoms with Gasteiger partial charge in [0.15, 0.2) is 0 Å². The Morgan fingerprint density at radius 3 is 2.45 bits per heavy atom. The van der Waals surface area contributed by atoms with Crippen molar-refractivity contribution >= 4 is 27.3 Å². The number of carbonyl (C=O) groups is 1. The Kier molecular flexibility index (Phi) is 4.88. The second-order valence-electron chi connectivity index (χ2n) is 7.31. The zero-order chi connectivity index (χ0) is 20.6. The van der Waals surface area contributed by atoms with Crippen LogP contribution in [0.25, 0.3) is 0 Å². The number of hydrogen-bond donors (Lipinski definition) is 1. The minimum Gasteiger partial charge on any atom is -0.305 e. The molecule has 0 spiro atoms. The largest absolute Gasteiger partial charge is 0.305 e. The zero-order valence-corrected chi connectivity index (χ0v) is 17.1. The molecule has 1 amide bonds. The van der Waals surface area contributed by atoms with Gasteiger partial charge in [0.2, 0.25) is 0 Å². The molecule has 148 valence electrons.